The summed E-state index contributed by atoms with van der Waals surface area (Å²) in [4.78, 5) is 6.64. The van der Waals surface area contributed by atoms with Gasteiger partial charge in [-0.15, -0.1) is 11.3 Å². The van der Waals surface area contributed by atoms with Gasteiger partial charge in [-0.25, -0.2) is 4.98 Å². The Morgan fingerprint density at radius 2 is 2.29 bits per heavy atom. The van der Waals surface area contributed by atoms with Gasteiger partial charge < -0.3 is 10.2 Å². The van der Waals surface area contributed by atoms with Gasteiger partial charge in [0.2, 0.25) is 0 Å². The first-order valence-corrected chi connectivity index (χ1v) is 8.55. The summed E-state index contributed by atoms with van der Waals surface area (Å²) >= 11 is 7.75. The molecule has 0 amide bonds. The highest BCUT2D eigenvalue weighted by molar-refractivity contribution is 7.07. The second-order valence-corrected chi connectivity index (χ2v) is 6.33. The van der Waals surface area contributed by atoms with E-state index in [1.165, 1.54) is 5.56 Å². The highest BCUT2D eigenvalue weighted by Gasteiger charge is 2.12. The zero-order chi connectivity index (χ0) is 15.1. The number of nitrogens with one attached hydrogen (secondary N) is 1. The van der Waals surface area contributed by atoms with Crippen molar-refractivity contribution in [2.24, 2.45) is 0 Å². The first-order chi connectivity index (χ1) is 10.2. The Morgan fingerprint density at radius 1 is 1.43 bits per heavy atom. The third-order valence-electron chi connectivity index (χ3n) is 3.42. The summed E-state index contributed by atoms with van der Waals surface area (Å²) in [6.45, 7) is 5.00. The number of halogens is 1. The van der Waals surface area contributed by atoms with E-state index in [0.29, 0.717) is 6.04 Å². The molecule has 0 aliphatic heterocycles. The average molecular weight is 324 g/mol. The Kier molecular flexibility index (Phi) is 6.64. The lowest BCUT2D eigenvalue weighted by Gasteiger charge is -2.22. The standard InChI is InChI=1S/C16H22ClN3S/c1-3-18-16(13-5-4-6-14(17)9-13)7-8-20(2)10-15-11-21-12-19-15/h4-6,9,11-12,16,18H,3,7-8,10H2,1-2H3. The van der Waals surface area contributed by atoms with Gasteiger partial charge in [0.25, 0.3) is 0 Å². The molecule has 0 bridgehead atoms. The van der Waals surface area contributed by atoms with Crippen LogP contribution in [-0.4, -0.2) is 30.0 Å². The molecule has 1 unspecified atom stereocenters. The molecular formula is C16H22ClN3S. The Morgan fingerprint density at radius 3 is 2.95 bits per heavy atom. The van der Waals surface area contributed by atoms with Crippen LogP contribution >= 0.6 is 22.9 Å². The van der Waals surface area contributed by atoms with Crippen LogP contribution in [0, 0.1) is 0 Å². The molecule has 2 rings (SSSR count). The summed E-state index contributed by atoms with van der Waals surface area (Å²) in [7, 11) is 2.14. The van der Waals surface area contributed by atoms with Gasteiger partial charge in [0.1, 0.15) is 0 Å². The Balaban J connectivity index is 1.90. The van der Waals surface area contributed by atoms with Crippen LogP contribution in [0.3, 0.4) is 0 Å². The Hall–Kier alpha value is -0.940. The minimum Gasteiger partial charge on any atom is -0.310 e. The first-order valence-electron chi connectivity index (χ1n) is 7.23. The first kappa shape index (κ1) is 16.4. The number of nitrogens with zero attached hydrogens (tertiary/aromatic N) is 2. The summed E-state index contributed by atoms with van der Waals surface area (Å²) in [5, 5.41) is 6.45. The van der Waals surface area contributed by atoms with Gasteiger partial charge in [-0.2, -0.15) is 0 Å². The lowest BCUT2D eigenvalue weighted by Crippen LogP contribution is -2.27. The predicted octanol–water partition coefficient (Wildman–Crippen LogP) is 3.97. The van der Waals surface area contributed by atoms with Gasteiger partial charge in [0.15, 0.2) is 0 Å². The smallest absolute Gasteiger partial charge is 0.0795 e. The number of hydrogen-bond acceptors (Lipinski definition) is 4. The second kappa shape index (κ2) is 8.49. The summed E-state index contributed by atoms with van der Waals surface area (Å²) in [6.07, 6.45) is 1.05. The molecule has 21 heavy (non-hydrogen) atoms. The summed E-state index contributed by atoms with van der Waals surface area (Å²) < 4.78 is 0. The summed E-state index contributed by atoms with van der Waals surface area (Å²) in [5.41, 5.74) is 4.29. The third kappa shape index (κ3) is 5.40. The third-order valence-corrected chi connectivity index (χ3v) is 4.29. The van der Waals surface area contributed by atoms with E-state index in [1.807, 2.05) is 17.6 Å². The van der Waals surface area contributed by atoms with Gasteiger partial charge in [0.05, 0.1) is 11.2 Å². The number of aromatic nitrogens is 1. The monoisotopic (exact) mass is 323 g/mol. The molecule has 1 aromatic carbocycles. The van der Waals surface area contributed by atoms with E-state index in [1.54, 1.807) is 11.3 Å². The van der Waals surface area contributed by atoms with Crippen molar-refractivity contribution in [3.8, 4) is 0 Å². The van der Waals surface area contributed by atoms with Crippen molar-refractivity contribution < 1.29 is 0 Å². The Labute approximate surface area is 136 Å². The van der Waals surface area contributed by atoms with E-state index in [-0.39, 0.29) is 0 Å². The highest BCUT2D eigenvalue weighted by atomic mass is 35.5. The normalized spacial score (nSPS) is 12.8. The predicted molar refractivity (Wildman–Crippen MR) is 90.9 cm³/mol. The number of thiazole rings is 1. The molecular weight excluding hydrogens is 302 g/mol. The molecule has 1 atom stereocenters. The molecule has 5 heteroatoms. The van der Waals surface area contributed by atoms with Crippen molar-refractivity contribution in [3.05, 3.63) is 51.4 Å². The van der Waals surface area contributed by atoms with Crippen LogP contribution in [0.25, 0.3) is 0 Å². The van der Waals surface area contributed by atoms with Crippen LogP contribution in [0.1, 0.15) is 30.6 Å². The average Bonchev–Trinajstić information content (AvgIpc) is 2.96. The van der Waals surface area contributed by atoms with Crippen molar-refractivity contribution in [2.75, 3.05) is 20.1 Å². The highest BCUT2D eigenvalue weighted by Crippen LogP contribution is 2.21. The lowest BCUT2D eigenvalue weighted by atomic mass is 10.0. The van der Waals surface area contributed by atoms with Gasteiger partial charge in [-0.1, -0.05) is 30.7 Å². The summed E-state index contributed by atoms with van der Waals surface area (Å²) in [6, 6.07) is 8.46. The number of hydrogen-bond donors (Lipinski definition) is 1. The number of rotatable bonds is 8. The molecule has 1 N–H and O–H groups in total. The zero-order valence-electron chi connectivity index (χ0n) is 12.6. The maximum Gasteiger partial charge on any atom is 0.0795 e. The van der Waals surface area contributed by atoms with Crippen LogP contribution in [-0.2, 0) is 6.54 Å². The van der Waals surface area contributed by atoms with Gasteiger partial charge in [-0.05, 0) is 37.7 Å². The van der Waals surface area contributed by atoms with Gasteiger partial charge in [0, 0.05) is 29.5 Å². The second-order valence-electron chi connectivity index (χ2n) is 5.17. The molecule has 0 saturated carbocycles. The molecule has 2 aromatic rings. The van der Waals surface area contributed by atoms with E-state index in [9.17, 15) is 0 Å². The van der Waals surface area contributed by atoms with E-state index in [2.05, 4.69) is 46.7 Å². The molecule has 1 heterocycles. The number of benzene rings is 1. The van der Waals surface area contributed by atoms with Crippen LogP contribution in [0.15, 0.2) is 35.2 Å². The Bertz CT molecular complexity index is 530. The maximum atomic E-state index is 6.10. The van der Waals surface area contributed by atoms with Crippen molar-refractivity contribution in [1.29, 1.82) is 0 Å². The van der Waals surface area contributed by atoms with Crippen LogP contribution in [0.2, 0.25) is 5.02 Å². The fourth-order valence-electron chi connectivity index (χ4n) is 2.38. The largest absolute Gasteiger partial charge is 0.310 e. The van der Waals surface area contributed by atoms with E-state index in [4.69, 9.17) is 11.6 Å². The van der Waals surface area contributed by atoms with Crippen molar-refractivity contribution >= 4 is 22.9 Å². The van der Waals surface area contributed by atoms with Gasteiger partial charge in [-0.3, -0.25) is 0 Å². The topological polar surface area (TPSA) is 28.2 Å². The molecule has 3 nitrogen and oxygen atoms in total. The van der Waals surface area contributed by atoms with Crippen LogP contribution in [0.5, 0.6) is 0 Å². The van der Waals surface area contributed by atoms with Gasteiger partial charge >= 0.3 is 0 Å². The molecule has 0 aliphatic carbocycles. The van der Waals surface area contributed by atoms with E-state index < -0.39 is 0 Å². The molecule has 1 aromatic heterocycles. The van der Waals surface area contributed by atoms with Crippen LogP contribution < -0.4 is 5.32 Å². The van der Waals surface area contributed by atoms with Crippen molar-refractivity contribution in [2.45, 2.75) is 25.9 Å². The van der Waals surface area contributed by atoms with Crippen LogP contribution in [0.4, 0.5) is 0 Å². The summed E-state index contributed by atoms with van der Waals surface area (Å²) in [5.74, 6) is 0. The molecule has 0 spiro atoms. The minimum atomic E-state index is 0.339. The maximum absolute atomic E-state index is 6.10. The molecule has 0 fully saturated rings. The molecule has 0 saturated heterocycles. The SMILES string of the molecule is CCNC(CCN(C)Cc1cscn1)c1cccc(Cl)c1. The fourth-order valence-corrected chi connectivity index (χ4v) is 3.13. The molecule has 0 aliphatic rings. The van der Waals surface area contributed by atoms with E-state index in [0.717, 1.165) is 36.8 Å². The quantitative estimate of drug-likeness (QED) is 0.796. The molecule has 114 valence electrons. The minimum absolute atomic E-state index is 0.339. The molecule has 0 radical (unpaired) electrons. The lowest BCUT2D eigenvalue weighted by molar-refractivity contribution is 0.299. The zero-order valence-corrected chi connectivity index (χ0v) is 14.1. The fraction of sp³-hybridized carbons (Fsp3) is 0.438. The van der Waals surface area contributed by atoms with Crippen molar-refractivity contribution in [3.63, 3.8) is 0 Å². The van der Waals surface area contributed by atoms with Crippen molar-refractivity contribution in [1.82, 2.24) is 15.2 Å². The van der Waals surface area contributed by atoms with E-state index >= 15 is 0 Å².